The second-order valence-corrected chi connectivity index (χ2v) is 4.16. The summed E-state index contributed by atoms with van der Waals surface area (Å²) in [4.78, 5) is 15.6. The predicted molar refractivity (Wildman–Crippen MR) is 74.5 cm³/mol. The Morgan fingerprint density at radius 3 is 2.70 bits per heavy atom. The number of benzene rings is 1. The second-order valence-electron chi connectivity index (χ2n) is 4.16. The van der Waals surface area contributed by atoms with Crippen LogP contribution in [0.25, 0.3) is 0 Å². The molecule has 20 heavy (non-hydrogen) atoms. The van der Waals surface area contributed by atoms with Gasteiger partial charge in [0.2, 0.25) is 0 Å². The van der Waals surface area contributed by atoms with Gasteiger partial charge in [-0.25, -0.2) is 15.2 Å². The van der Waals surface area contributed by atoms with Crippen LogP contribution in [0.4, 0.5) is 10.2 Å². The summed E-state index contributed by atoms with van der Waals surface area (Å²) in [7, 11) is 0. The summed E-state index contributed by atoms with van der Waals surface area (Å²) in [6.07, 6.45) is 2.01. The van der Waals surface area contributed by atoms with Gasteiger partial charge in [-0.2, -0.15) is 0 Å². The number of pyridine rings is 1. The Labute approximate surface area is 116 Å². The van der Waals surface area contributed by atoms with E-state index in [9.17, 15) is 9.18 Å². The number of hydrazine groups is 1. The summed E-state index contributed by atoms with van der Waals surface area (Å²) >= 11 is 0. The zero-order valence-corrected chi connectivity index (χ0v) is 10.8. The van der Waals surface area contributed by atoms with Crippen molar-refractivity contribution in [2.45, 2.75) is 6.42 Å². The Morgan fingerprint density at radius 1 is 1.25 bits per heavy atom. The summed E-state index contributed by atoms with van der Waals surface area (Å²) in [6.45, 7) is 0.427. The SMILES string of the molecule is NNc1nccc(C(=O)NCCc2ccccc2)c1F. The molecule has 1 aromatic heterocycles. The van der Waals surface area contributed by atoms with Crippen LogP contribution in [-0.4, -0.2) is 17.4 Å². The molecule has 1 heterocycles. The highest BCUT2D eigenvalue weighted by Gasteiger charge is 2.14. The first-order valence-corrected chi connectivity index (χ1v) is 6.15. The lowest BCUT2D eigenvalue weighted by atomic mass is 10.1. The van der Waals surface area contributed by atoms with Crippen molar-refractivity contribution in [1.29, 1.82) is 0 Å². The van der Waals surface area contributed by atoms with Gasteiger partial charge in [0.05, 0.1) is 5.56 Å². The Kier molecular flexibility index (Phi) is 4.62. The molecule has 0 radical (unpaired) electrons. The van der Waals surface area contributed by atoms with Crippen LogP contribution in [0.3, 0.4) is 0 Å². The summed E-state index contributed by atoms with van der Waals surface area (Å²) in [5.74, 6) is 3.71. The molecular formula is C14H15FN4O. The van der Waals surface area contributed by atoms with Gasteiger partial charge in [0, 0.05) is 12.7 Å². The normalized spacial score (nSPS) is 10.1. The smallest absolute Gasteiger partial charge is 0.254 e. The first-order chi connectivity index (χ1) is 9.72. The van der Waals surface area contributed by atoms with E-state index in [2.05, 4.69) is 15.7 Å². The van der Waals surface area contributed by atoms with Gasteiger partial charge in [-0.05, 0) is 18.1 Å². The van der Waals surface area contributed by atoms with Crippen molar-refractivity contribution in [3.63, 3.8) is 0 Å². The van der Waals surface area contributed by atoms with E-state index in [-0.39, 0.29) is 11.4 Å². The Hall–Kier alpha value is -2.47. The van der Waals surface area contributed by atoms with Crippen LogP contribution in [0, 0.1) is 5.82 Å². The number of carbonyl (C=O) groups excluding carboxylic acids is 1. The monoisotopic (exact) mass is 274 g/mol. The second kappa shape index (κ2) is 6.63. The number of anilines is 1. The van der Waals surface area contributed by atoms with E-state index in [4.69, 9.17) is 5.84 Å². The maximum Gasteiger partial charge on any atom is 0.254 e. The molecule has 5 nitrogen and oxygen atoms in total. The molecule has 0 aliphatic rings. The van der Waals surface area contributed by atoms with Crippen molar-refractivity contribution in [1.82, 2.24) is 10.3 Å². The maximum atomic E-state index is 13.8. The Morgan fingerprint density at radius 2 is 2.00 bits per heavy atom. The van der Waals surface area contributed by atoms with Crippen LogP contribution in [0.5, 0.6) is 0 Å². The summed E-state index contributed by atoms with van der Waals surface area (Å²) in [5, 5.41) is 2.66. The molecule has 0 atom stereocenters. The number of hydrogen-bond donors (Lipinski definition) is 3. The van der Waals surface area contributed by atoms with E-state index in [0.29, 0.717) is 13.0 Å². The third-order valence-corrected chi connectivity index (χ3v) is 2.81. The van der Waals surface area contributed by atoms with E-state index in [1.54, 1.807) is 0 Å². The number of nitrogens with two attached hydrogens (primary N) is 1. The largest absolute Gasteiger partial charge is 0.352 e. The summed E-state index contributed by atoms with van der Waals surface area (Å²) in [6, 6.07) is 11.0. The van der Waals surface area contributed by atoms with Gasteiger partial charge in [-0.1, -0.05) is 30.3 Å². The van der Waals surface area contributed by atoms with Gasteiger partial charge < -0.3 is 10.7 Å². The molecule has 0 bridgehead atoms. The first kappa shape index (κ1) is 14.0. The fraction of sp³-hybridized carbons (Fsp3) is 0.143. The minimum absolute atomic E-state index is 0.0824. The molecule has 104 valence electrons. The molecule has 0 saturated heterocycles. The number of hydrogen-bond acceptors (Lipinski definition) is 4. The quantitative estimate of drug-likeness (QED) is 0.570. The highest BCUT2D eigenvalue weighted by Crippen LogP contribution is 2.13. The molecular weight excluding hydrogens is 259 g/mol. The minimum atomic E-state index is -0.757. The molecule has 0 saturated carbocycles. The fourth-order valence-corrected chi connectivity index (χ4v) is 1.78. The van der Waals surface area contributed by atoms with Crippen molar-refractivity contribution >= 4 is 11.7 Å². The number of nitrogen functional groups attached to an aromatic ring is 1. The minimum Gasteiger partial charge on any atom is -0.352 e. The summed E-state index contributed by atoms with van der Waals surface area (Å²) < 4.78 is 13.8. The fourth-order valence-electron chi connectivity index (χ4n) is 1.78. The molecule has 0 unspecified atom stereocenters. The summed E-state index contributed by atoms with van der Waals surface area (Å²) in [5.41, 5.74) is 3.13. The van der Waals surface area contributed by atoms with Crippen LogP contribution in [0.2, 0.25) is 0 Å². The van der Waals surface area contributed by atoms with E-state index in [0.717, 1.165) is 5.56 Å². The molecule has 0 spiro atoms. The van der Waals surface area contributed by atoms with Crippen LogP contribution in [0.1, 0.15) is 15.9 Å². The molecule has 2 aromatic rings. The highest BCUT2D eigenvalue weighted by atomic mass is 19.1. The number of halogens is 1. The van der Waals surface area contributed by atoms with Gasteiger partial charge in [-0.15, -0.1) is 0 Å². The number of nitrogens with one attached hydrogen (secondary N) is 2. The first-order valence-electron chi connectivity index (χ1n) is 6.15. The zero-order chi connectivity index (χ0) is 14.4. The van der Waals surface area contributed by atoms with Crippen molar-refractivity contribution < 1.29 is 9.18 Å². The highest BCUT2D eigenvalue weighted by molar-refractivity contribution is 5.95. The molecule has 1 amide bonds. The molecule has 6 heteroatoms. The molecule has 4 N–H and O–H groups in total. The third-order valence-electron chi connectivity index (χ3n) is 2.81. The number of rotatable bonds is 5. The van der Waals surface area contributed by atoms with Crippen molar-refractivity contribution in [2.75, 3.05) is 12.0 Å². The standard InChI is InChI=1S/C14H15FN4O/c15-12-11(7-9-17-13(12)19-16)14(20)18-8-6-10-4-2-1-3-5-10/h1-5,7,9H,6,8,16H2,(H,17,19)(H,18,20). The molecule has 0 aliphatic carbocycles. The molecule has 0 fully saturated rings. The maximum absolute atomic E-state index is 13.8. The average molecular weight is 274 g/mol. The van der Waals surface area contributed by atoms with Crippen LogP contribution >= 0.6 is 0 Å². The predicted octanol–water partition coefficient (Wildman–Crippen LogP) is 1.48. The van der Waals surface area contributed by atoms with E-state index >= 15 is 0 Å². The van der Waals surface area contributed by atoms with Crippen molar-refractivity contribution in [3.05, 3.63) is 59.5 Å². The van der Waals surface area contributed by atoms with E-state index in [1.165, 1.54) is 12.3 Å². The van der Waals surface area contributed by atoms with Crippen LogP contribution in [-0.2, 0) is 6.42 Å². The van der Waals surface area contributed by atoms with Crippen molar-refractivity contribution in [2.24, 2.45) is 5.84 Å². The lowest BCUT2D eigenvalue weighted by molar-refractivity contribution is 0.0950. The lowest BCUT2D eigenvalue weighted by Crippen LogP contribution is -2.27. The topological polar surface area (TPSA) is 80.0 Å². The number of amides is 1. The Balaban J connectivity index is 1.95. The Bertz CT molecular complexity index is 589. The number of nitrogens with zero attached hydrogens (tertiary/aromatic N) is 1. The van der Waals surface area contributed by atoms with Crippen molar-refractivity contribution in [3.8, 4) is 0 Å². The molecule has 0 aliphatic heterocycles. The number of carbonyl (C=O) groups is 1. The lowest BCUT2D eigenvalue weighted by Gasteiger charge is -2.08. The number of aromatic nitrogens is 1. The van der Waals surface area contributed by atoms with Crippen LogP contribution < -0.4 is 16.6 Å². The third kappa shape index (κ3) is 3.30. The van der Waals surface area contributed by atoms with Crippen LogP contribution in [0.15, 0.2) is 42.6 Å². The van der Waals surface area contributed by atoms with Gasteiger partial charge >= 0.3 is 0 Å². The zero-order valence-electron chi connectivity index (χ0n) is 10.8. The van der Waals surface area contributed by atoms with Gasteiger partial charge in [0.15, 0.2) is 11.6 Å². The van der Waals surface area contributed by atoms with E-state index in [1.807, 2.05) is 30.3 Å². The molecule has 1 aromatic carbocycles. The van der Waals surface area contributed by atoms with Gasteiger partial charge in [0.25, 0.3) is 5.91 Å². The molecule has 2 rings (SSSR count). The average Bonchev–Trinajstić information content (AvgIpc) is 2.48. The van der Waals surface area contributed by atoms with Gasteiger partial charge in [0.1, 0.15) is 0 Å². The van der Waals surface area contributed by atoms with Gasteiger partial charge in [-0.3, -0.25) is 4.79 Å². The van der Waals surface area contributed by atoms with E-state index < -0.39 is 11.7 Å².